The molecule has 1 aliphatic carbocycles. The molecule has 0 spiro atoms. The van der Waals surface area contributed by atoms with E-state index in [0.717, 1.165) is 17.8 Å². The largest absolute Gasteiger partial charge is 0.418 e. The molecule has 1 aromatic carbocycles. The SMILES string of the molecule is O=C(Nc1cccc(F)c1)Oc1ncsc1NC1CC1. The number of nitrogens with zero attached hydrogens (tertiary/aromatic N) is 1. The highest BCUT2D eigenvalue weighted by molar-refractivity contribution is 7.14. The molecule has 104 valence electrons. The van der Waals surface area contributed by atoms with Crippen LogP contribution in [-0.4, -0.2) is 17.1 Å². The van der Waals surface area contributed by atoms with Crippen LogP contribution in [0.15, 0.2) is 29.8 Å². The normalized spacial score (nSPS) is 13.8. The molecule has 0 radical (unpaired) electrons. The highest BCUT2D eigenvalue weighted by Crippen LogP contribution is 2.33. The van der Waals surface area contributed by atoms with Gasteiger partial charge < -0.3 is 10.1 Å². The quantitative estimate of drug-likeness (QED) is 0.906. The summed E-state index contributed by atoms with van der Waals surface area (Å²) in [6.45, 7) is 0. The van der Waals surface area contributed by atoms with Gasteiger partial charge in [0.2, 0.25) is 0 Å². The molecule has 1 saturated carbocycles. The predicted molar refractivity (Wildman–Crippen MR) is 74.8 cm³/mol. The fourth-order valence-corrected chi connectivity index (χ4v) is 2.30. The van der Waals surface area contributed by atoms with Crippen molar-refractivity contribution in [3.63, 3.8) is 0 Å². The van der Waals surface area contributed by atoms with Crippen LogP contribution < -0.4 is 15.4 Å². The number of carbonyl (C=O) groups excluding carboxylic acids is 1. The first kappa shape index (κ1) is 12.9. The molecule has 0 aliphatic heterocycles. The maximum Gasteiger partial charge on any atom is 0.418 e. The third kappa shape index (κ3) is 3.24. The highest BCUT2D eigenvalue weighted by atomic mass is 32.1. The molecule has 20 heavy (non-hydrogen) atoms. The summed E-state index contributed by atoms with van der Waals surface area (Å²) < 4.78 is 18.1. The van der Waals surface area contributed by atoms with Gasteiger partial charge in [0.1, 0.15) is 5.82 Å². The Bertz CT molecular complexity index is 628. The van der Waals surface area contributed by atoms with E-state index in [1.54, 1.807) is 11.6 Å². The number of hydrogen-bond donors (Lipinski definition) is 2. The second-order valence-electron chi connectivity index (χ2n) is 4.43. The van der Waals surface area contributed by atoms with Crippen molar-refractivity contribution in [2.75, 3.05) is 10.6 Å². The number of ether oxygens (including phenoxy) is 1. The van der Waals surface area contributed by atoms with Crippen LogP contribution in [0.4, 0.5) is 19.9 Å². The lowest BCUT2D eigenvalue weighted by molar-refractivity contribution is 0.214. The summed E-state index contributed by atoms with van der Waals surface area (Å²) in [5.74, 6) is -0.177. The number of nitrogens with one attached hydrogen (secondary N) is 2. The van der Waals surface area contributed by atoms with E-state index in [2.05, 4.69) is 15.6 Å². The molecule has 2 N–H and O–H groups in total. The Balaban J connectivity index is 1.62. The summed E-state index contributed by atoms with van der Waals surface area (Å²) in [5.41, 5.74) is 1.94. The first-order valence-electron chi connectivity index (χ1n) is 6.15. The highest BCUT2D eigenvalue weighted by Gasteiger charge is 2.24. The van der Waals surface area contributed by atoms with E-state index in [0.29, 0.717) is 11.7 Å². The lowest BCUT2D eigenvalue weighted by Gasteiger charge is -2.07. The predicted octanol–water partition coefficient (Wildman–Crippen LogP) is 3.47. The van der Waals surface area contributed by atoms with Crippen molar-refractivity contribution in [1.29, 1.82) is 0 Å². The van der Waals surface area contributed by atoms with Crippen molar-refractivity contribution in [2.24, 2.45) is 0 Å². The van der Waals surface area contributed by atoms with E-state index in [1.807, 2.05) is 0 Å². The van der Waals surface area contributed by atoms with Crippen molar-refractivity contribution in [3.8, 4) is 5.88 Å². The number of anilines is 2. The van der Waals surface area contributed by atoms with Crippen LogP contribution in [0.5, 0.6) is 5.88 Å². The fourth-order valence-electron chi connectivity index (χ4n) is 1.61. The minimum atomic E-state index is -0.694. The molecule has 1 fully saturated rings. The monoisotopic (exact) mass is 293 g/mol. The molecule has 2 aromatic rings. The third-order valence-electron chi connectivity index (χ3n) is 2.71. The molecule has 0 atom stereocenters. The Kier molecular flexibility index (Phi) is 3.51. The molecule has 5 nitrogen and oxygen atoms in total. The summed E-state index contributed by atoms with van der Waals surface area (Å²) in [5, 5.41) is 6.42. The second-order valence-corrected chi connectivity index (χ2v) is 5.28. The Morgan fingerprint density at radius 3 is 3.05 bits per heavy atom. The van der Waals surface area contributed by atoms with Crippen LogP contribution >= 0.6 is 11.3 Å². The molecule has 7 heteroatoms. The number of aromatic nitrogens is 1. The van der Waals surface area contributed by atoms with Crippen molar-refractivity contribution in [3.05, 3.63) is 35.6 Å². The van der Waals surface area contributed by atoms with Crippen molar-refractivity contribution < 1.29 is 13.9 Å². The van der Waals surface area contributed by atoms with Gasteiger partial charge in [0.25, 0.3) is 5.88 Å². The number of rotatable bonds is 4. The Labute approximate surface area is 118 Å². The molecular weight excluding hydrogens is 281 g/mol. The van der Waals surface area contributed by atoms with Gasteiger partial charge in [-0.1, -0.05) is 6.07 Å². The van der Waals surface area contributed by atoms with Gasteiger partial charge in [-0.3, -0.25) is 5.32 Å². The zero-order valence-electron chi connectivity index (χ0n) is 10.4. The van der Waals surface area contributed by atoms with E-state index in [1.165, 1.54) is 29.5 Å². The number of halogens is 1. The summed E-state index contributed by atoms with van der Waals surface area (Å²) in [4.78, 5) is 15.7. The Morgan fingerprint density at radius 2 is 2.30 bits per heavy atom. The van der Waals surface area contributed by atoms with Crippen LogP contribution in [0.3, 0.4) is 0 Å². The average molecular weight is 293 g/mol. The topological polar surface area (TPSA) is 63.2 Å². The van der Waals surface area contributed by atoms with Gasteiger partial charge in [0.05, 0.1) is 5.51 Å². The van der Waals surface area contributed by atoms with Gasteiger partial charge in [0, 0.05) is 11.7 Å². The maximum absolute atomic E-state index is 13.0. The second kappa shape index (κ2) is 5.46. The minimum absolute atomic E-state index is 0.246. The van der Waals surface area contributed by atoms with Gasteiger partial charge in [-0.15, -0.1) is 11.3 Å². The van der Waals surface area contributed by atoms with E-state index in [-0.39, 0.29) is 5.88 Å². The minimum Gasteiger partial charge on any atom is -0.388 e. The van der Waals surface area contributed by atoms with Crippen molar-refractivity contribution in [2.45, 2.75) is 18.9 Å². The lowest BCUT2D eigenvalue weighted by atomic mass is 10.3. The molecule has 0 bridgehead atoms. The zero-order chi connectivity index (χ0) is 13.9. The first-order valence-corrected chi connectivity index (χ1v) is 7.03. The fraction of sp³-hybridized carbons (Fsp3) is 0.231. The summed E-state index contributed by atoms with van der Waals surface area (Å²) in [7, 11) is 0. The number of carbonyl (C=O) groups is 1. The number of thiazole rings is 1. The summed E-state index contributed by atoms with van der Waals surface area (Å²) in [6, 6.07) is 6.05. The van der Waals surface area contributed by atoms with Crippen LogP contribution in [0.1, 0.15) is 12.8 Å². The maximum atomic E-state index is 13.0. The Morgan fingerprint density at radius 1 is 1.45 bits per heavy atom. The molecule has 1 aromatic heterocycles. The molecule has 1 heterocycles. The molecular formula is C13H12FN3O2S. The van der Waals surface area contributed by atoms with E-state index < -0.39 is 11.9 Å². The Hall–Kier alpha value is -2.15. The average Bonchev–Trinajstić information content (AvgIpc) is 3.11. The smallest absolute Gasteiger partial charge is 0.388 e. The zero-order valence-corrected chi connectivity index (χ0v) is 11.2. The summed E-state index contributed by atoms with van der Waals surface area (Å²) >= 11 is 1.38. The van der Waals surface area contributed by atoms with E-state index in [4.69, 9.17) is 4.74 Å². The first-order chi connectivity index (χ1) is 9.70. The van der Waals surface area contributed by atoms with Gasteiger partial charge in [-0.05, 0) is 31.0 Å². The van der Waals surface area contributed by atoms with Gasteiger partial charge in [-0.2, -0.15) is 0 Å². The molecule has 0 unspecified atom stereocenters. The van der Waals surface area contributed by atoms with Crippen LogP contribution in [0.2, 0.25) is 0 Å². The van der Waals surface area contributed by atoms with Gasteiger partial charge in [-0.25, -0.2) is 14.2 Å². The third-order valence-corrected chi connectivity index (χ3v) is 3.45. The molecule has 1 amide bonds. The van der Waals surface area contributed by atoms with Crippen LogP contribution in [0.25, 0.3) is 0 Å². The lowest BCUT2D eigenvalue weighted by Crippen LogP contribution is -2.17. The van der Waals surface area contributed by atoms with Crippen molar-refractivity contribution in [1.82, 2.24) is 4.98 Å². The molecule has 0 saturated heterocycles. The van der Waals surface area contributed by atoms with E-state index >= 15 is 0 Å². The summed E-state index contributed by atoms with van der Waals surface area (Å²) in [6.07, 6.45) is 1.54. The van der Waals surface area contributed by atoms with Crippen LogP contribution in [0, 0.1) is 5.82 Å². The molecule has 3 rings (SSSR count). The van der Waals surface area contributed by atoms with Gasteiger partial charge >= 0.3 is 6.09 Å². The standard InChI is InChI=1S/C13H12FN3O2S/c14-8-2-1-3-10(6-8)17-13(18)19-11-12(20-7-15-11)16-9-4-5-9/h1-3,6-7,9,16H,4-5H2,(H,17,18). The number of benzene rings is 1. The van der Waals surface area contributed by atoms with Crippen molar-refractivity contribution >= 4 is 28.1 Å². The number of hydrogen-bond acceptors (Lipinski definition) is 5. The van der Waals surface area contributed by atoms with Crippen LogP contribution in [-0.2, 0) is 0 Å². The van der Waals surface area contributed by atoms with E-state index in [9.17, 15) is 9.18 Å². The number of amides is 1. The van der Waals surface area contributed by atoms with Gasteiger partial charge in [0.15, 0.2) is 5.00 Å². The molecule has 1 aliphatic rings.